The quantitative estimate of drug-likeness (QED) is 0.623. The summed E-state index contributed by atoms with van der Waals surface area (Å²) in [6.07, 6.45) is 2.02. The summed E-state index contributed by atoms with van der Waals surface area (Å²) in [7, 11) is -3.57. The molecule has 1 saturated heterocycles. The molecule has 8 heteroatoms. The van der Waals surface area contributed by atoms with Crippen LogP contribution in [0.2, 0.25) is 10.0 Å². The second-order valence-corrected chi connectivity index (χ2v) is 11.5. The highest BCUT2D eigenvalue weighted by Crippen LogP contribution is 2.26. The molecule has 1 atom stereocenters. The van der Waals surface area contributed by atoms with Gasteiger partial charge >= 0.3 is 0 Å². The topological polar surface area (TPSA) is 66.5 Å². The third kappa shape index (κ3) is 6.69. The van der Waals surface area contributed by atoms with Crippen molar-refractivity contribution in [3.63, 3.8) is 0 Å². The molecular weight excluding hydrogens is 455 g/mol. The average molecular weight is 483 g/mol. The predicted molar refractivity (Wildman–Crippen MR) is 126 cm³/mol. The summed E-state index contributed by atoms with van der Waals surface area (Å²) in [6.45, 7) is 4.58. The lowest BCUT2D eigenvalue weighted by Crippen LogP contribution is -2.51. The lowest BCUT2D eigenvalue weighted by Gasteiger charge is -2.34. The Hall–Kier alpha value is -1.60. The minimum atomic E-state index is -3.57. The standard InChI is InChI=1S/C23H28Cl2N2O3S/c1-23(2,14-17-7-4-3-5-8-17)26-22(28)19-9-6-12-27(15-19)31(29,30)16-18-10-11-20(24)21(25)13-18/h3-5,7-8,10-11,13,19H,6,9,12,14-16H2,1-2H3,(H,26,28). The Kier molecular flexibility index (Phi) is 7.68. The Morgan fingerprint density at radius 1 is 1.10 bits per heavy atom. The maximum atomic E-state index is 13.0. The van der Waals surface area contributed by atoms with E-state index in [2.05, 4.69) is 5.32 Å². The van der Waals surface area contributed by atoms with Crippen LogP contribution < -0.4 is 5.32 Å². The van der Waals surface area contributed by atoms with Crippen LogP contribution in [0.3, 0.4) is 0 Å². The fraction of sp³-hybridized carbons (Fsp3) is 0.435. The van der Waals surface area contributed by atoms with E-state index < -0.39 is 15.6 Å². The molecule has 1 unspecified atom stereocenters. The third-order valence-electron chi connectivity index (χ3n) is 5.43. The van der Waals surface area contributed by atoms with Crippen molar-refractivity contribution in [3.05, 3.63) is 69.7 Å². The lowest BCUT2D eigenvalue weighted by molar-refractivity contribution is -0.127. The first-order valence-electron chi connectivity index (χ1n) is 10.3. The van der Waals surface area contributed by atoms with Crippen molar-refractivity contribution in [2.45, 2.75) is 44.4 Å². The Morgan fingerprint density at radius 3 is 2.48 bits per heavy atom. The molecule has 0 radical (unpaired) electrons. The van der Waals surface area contributed by atoms with Gasteiger partial charge in [-0.3, -0.25) is 4.79 Å². The van der Waals surface area contributed by atoms with Crippen molar-refractivity contribution in [2.24, 2.45) is 5.92 Å². The van der Waals surface area contributed by atoms with Gasteiger partial charge in [0.05, 0.1) is 21.7 Å². The van der Waals surface area contributed by atoms with Crippen LogP contribution in [0.1, 0.15) is 37.8 Å². The number of halogens is 2. The first-order valence-corrected chi connectivity index (χ1v) is 12.7. The molecule has 2 aromatic rings. The summed E-state index contributed by atoms with van der Waals surface area (Å²) in [5.41, 5.74) is 1.28. The number of benzene rings is 2. The van der Waals surface area contributed by atoms with Gasteiger partial charge in [0.2, 0.25) is 15.9 Å². The molecule has 1 aliphatic rings. The monoisotopic (exact) mass is 482 g/mol. The number of nitrogens with one attached hydrogen (secondary N) is 1. The van der Waals surface area contributed by atoms with E-state index in [0.717, 1.165) is 5.56 Å². The lowest BCUT2D eigenvalue weighted by atomic mass is 9.92. The molecule has 1 heterocycles. The molecule has 0 aromatic heterocycles. The highest BCUT2D eigenvalue weighted by molar-refractivity contribution is 7.88. The second kappa shape index (κ2) is 9.90. The highest BCUT2D eigenvalue weighted by Gasteiger charge is 2.34. The Morgan fingerprint density at radius 2 is 1.81 bits per heavy atom. The van der Waals surface area contributed by atoms with E-state index in [1.165, 1.54) is 4.31 Å². The van der Waals surface area contributed by atoms with Crippen LogP contribution in [0.25, 0.3) is 0 Å². The molecule has 5 nitrogen and oxygen atoms in total. The number of hydrogen-bond acceptors (Lipinski definition) is 3. The van der Waals surface area contributed by atoms with Crippen molar-refractivity contribution in [2.75, 3.05) is 13.1 Å². The summed E-state index contributed by atoms with van der Waals surface area (Å²) in [6, 6.07) is 14.8. The summed E-state index contributed by atoms with van der Waals surface area (Å²) in [5.74, 6) is -0.639. The van der Waals surface area contributed by atoms with Crippen molar-refractivity contribution in [1.82, 2.24) is 9.62 Å². The minimum Gasteiger partial charge on any atom is -0.351 e. The van der Waals surface area contributed by atoms with E-state index in [1.54, 1.807) is 18.2 Å². The van der Waals surface area contributed by atoms with Gasteiger partial charge in [-0.25, -0.2) is 12.7 Å². The van der Waals surface area contributed by atoms with Crippen LogP contribution in [0, 0.1) is 5.92 Å². The molecule has 2 aromatic carbocycles. The van der Waals surface area contributed by atoms with Gasteiger partial charge in [-0.15, -0.1) is 0 Å². The van der Waals surface area contributed by atoms with Gasteiger partial charge in [0.15, 0.2) is 0 Å². The molecule has 0 aliphatic carbocycles. The van der Waals surface area contributed by atoms with Crippen LogP contribution in [0.5, 0.6) is 0 Å². The number of sulfonamides is 1. The molecule has 1 aliphatic heterocycles. The van der Waals surface area contributed by atoms with Gasteiger partial charge in [0, 0.05) is 18.6 Å². The molecule has 0 bridgehead atoms. The molecule has 1 N–H and O–H groups in total. The molecule has 1 fully saturated rings. The van der Waals surface area contributed by atoms with Crippen molar-refractivity contribution < 1.29 is 13.2 Å². The van der Waals surface area contributed by atoms with Gasteiger partial charge < -0.3 is 5.32 Å². The smallest absolute Gasteiger partial charge is 0.224 e. The van der Waals surface area contributed by atoms with Gasteiger partial charge in [-0.2, -0.15) is 0 Å². The third-order valence-corrected chi connectivity index (χ3v) is 7.99. The second-order valence-electron chi connectivity index (χ2n) is 8.74. The SMILES string of the molecule is CC(C)(Cc1ccccc1)NC(=O)C1CCCN(S(=O)(=O)Cc2ccc(Cl)c(Cl)c2)C1. The number of hydrogen-bond donors (Lipinski definition) is 1. The fourth-order valence-electron chi connectivity index (χ4n) is 3.93. The molecule has 1 amide bonds. The Bertz CT molecular complexity index is 1030. The number of piperidine rings is 1. The molecule has 168 valence electrons. The van der Waals surface area contributed by atoms with Crippen LogP contribution in [0.4, 0.5) is 0 Å². The Labute approximate surface area is 194 Å². The first kappa shape index (κ1) is 24.1. The first-order chi connectivity index (χ1) is 14.6. The summed E-state index contributed by atoms with van der Waals surface area (Å²) < 4.78 is 27.4. The molecule has 0 spiro atoms. The van der Waals surface area contributed by atoms with Gasteiger partial charge in [-0.1, -0.05) is 59.6 Å². The number of rotatable bonds is 7. The van der Waals surface area contributed by atoms with E-state index >= 15 is 0 Å². The van der Waals surface area contributed by atoms with E-state index in [0.29, 0.717) is 41.4 Å². The predicted octanol–water partition coefficient (Wildman–Crippen LogP) is 4.67. The molecule has 31 heavy (non-hydrogen) atoms. The van der Waals surface area contributed by atoms with Gasteiger partial charge in [-0.05, 0) is 56.4 Å². The van der Waals surface area contributed by atoms with Crippen LogP contribution in [-0.2, 0) is 27.0 Å². The zero-order valence-electron chi connectivity index (χ0n) is 17.8. The minimum absolute atomic E-state index is 0.102. The zero-order valence-corrected chi connectivity index (χ0v) is 20.1. The number of carbonyl (C=O) groups excluding carboxylic acids is 1. The number of amides is 1. The van der Waals surface area contributed by atoms with E-state index in [4.69, 9.17) is 23.2 Å². The van der Waals surface area contributed by atoms with Gasteiger partial charge in [0.25, 0.3) is 0 Å². The van der Waals surface area contributed by atoms with Crippen molar-refractivity contribution in [3.8, 4) is 0 Å². The normalized spacial score (nSPS) is 18.0. The van der Waals surface area contributed by atoms with Crippen molar-refractivity contribution >= 4 is 39.1 Å². The molecule has 3 rings (SSSR count). The zero-order chi connectivity index (χ0) is 22.6. The van der Waals surface area contributed by atoms with Crippen LogP contribution >= 0.6 is 23.2 Å². The maximum Gasteiger partial charge on any atom is 0.224 e. The fourth-order valence-corrected chi connectivity index (χ4v) is 5.84. The molecule has 0 saturated carbocycles. The van der Waals surface area contributed by atoms with Crippen molar-refractivity contribution in [1.29, 1.82) is 0 Å². The van der Waals surface area contributed by atoms with Crippen LogP contribution in [-0.4, -0.2) is 37.3 Å². The largest absolute Gasteiger partial charge is 0.351 e. The van der Waals surface area contributed by atoms with Crippen LogP contribution in [0.15, 0.2) is 48.5 Å². The highest BCUT2D eigenvalue weighted by atomic mass is 35.5. The summed E-state index contributed by atoms with van der Waals surface area (Å²) in [5, 5.41) is 3.83. The van der Waals surface area contributed by atoms with E-state index in [-0.39, 0.29) is 24.1 Å². The number of nitrogens with zero attached hydrogens (tertiary/aromatic N) is 1. The van der Waals surface area contributed by atoms with Gasteiger partial charge in [0.1, 0.15) is 0 Å². The number of carbonyl (C=O) groups is 1. The van der Waals surface area contributed by atoms with E-state index in [9.17, 15) is 13.2 Å². The van der Waals surface area contributed by atoms with E-state index in [1.807, 2.05) is 44.2 Å². The maximum absolute atomic E-state index is 13.0. The molecular formula is C23H28Cl2N2O3S. The Balaban J connectivity index is 1.63. The average Bonchev–Trinajstić information content (AvgIpc) is 2.70. The summed E-state index contributed by atoms with van der Waals surface area (Å²) in [4.78, 5) is 13.0. The summed E-state index contributed by atoms with van der Waals surface area (Å²) >= 11 is 11.9.